The van der Waals surface area contributed by atoms with Gasteiger partial charge in [0.05, 0.1) is 46.1 Å². The fraction of sp³-hybridized carbons (Fsp3) is 0.643. The van der Waals surface area contributed by atoms with E-state index >= 15 is 0 Å². The number of thiocarbonyl (C=S) groups is 1. The molecule has 9 heteroatoms. The number of carbonyl (C=O) groups is 2. The molecule has 8 nitrogen and oxygen atoms in total. The standard InChI is InChI=1S/C14H24N2O6S/c1-11(2)13(18)22-10-9-21-8-7-20-6-5-19-4-3-12(17)16-14(15)23/h1,3-10H2,2H3,(H3,15,16,17,23). The predicted molar refractivity (Wildman–Crippen MR) is 87.8 cm³/mol. The van der Waals surface area contributed by atoms with Gasteiger partial charge in [0.25, 0.3) is 0 Å². The monoisotopic (exact) mass is 348 g/mol. The first-order valence-corrected chi connectivity index (χ1v) is 7.49. The lowest BCUT2D eigenvalue weighted by atomic mass is 10.4. The number of hydrogen-bond donors (Lipinski definition) is 2. The van der Waals surface area contributed by atoms with Crippen LogP contribution in [0.15, 0.2) is 12.2 Å². The second-order valence-corrected chi connectivity index (χ2v) is 4.86. The third-order valence-electron chi connectivity index (χ3n) is 2.29. The van der Waals surface area contributed by atoms with Gasteiger partial charge in [-0.05, 0) is 19.1 Å². The lowest BCUT2D eigenvalue weighted by molar-refractivity contribution is -0.140. The Morgan fingerprint density at radius 1 is 1.00 bits per heavy atom. The van der Waals surface area contributed by atoms with Crippen LogP contribution in [0.1, 0.15) is 13.3 Å². The molecule has 0 aromatic heterocycles. The normalized spacial score (nSPS) is 10.1. The molecule has 3 N–H and O–H groups in total. The van der Waals surface area contributed by atoms with E-state index in [2.05, 4.69) is 24.1 Å². The lowest BCUT2D eigenvalue weighted by Gasteiger charge is -2.07. The molecule has 23 heavy (non-hydrogen) atoms. The Bertz CT molecular complexity index is 403. The molecular formula is C14H24N2O6S. The van der Waals surface area contributed by atoms with Crippen molar-refractivity contribution in [2.24, 2.45) is 5.73 Å². The first-order chi connectivity index (χ1) is 10.9. The van der Waals surface area contributed by atoms with Crippen LogP contribution >= 0.6 is 12.2 Å². The Hall–Kier alpha value is -1.55. The van der Waals surface area contributed by atoms with Gasteiger partial charge in [-0.15, -0.1) is 0 Å². The van der Waals surface area contributed by atoms with E-state index in [1.165, 1.54) is 0 Å². The number of rotatable bonds is 13. The van der Waals surface area contributed by atoms with Gasteiger partial charge in [0.15, 0.2) is 5.11 Å². The number of ether oxygens (including phenoxy) is 4. The zero-order valence-electron chi connectivity index (χ0n) is 13.3. The van der Waals surface area contributed by atoms with Gasteiger partial charge in [0.1, 0.15) is 6.61 Å². The molecule has 0 fully saturated rings. The van der Waals surface area contributed by atoms with Crippen molar-refractivity contribution in [1.29, 1.82) is 0 Å². The highest BCUT2D eigenvalue weighted by molar-refractivity contribution is 7.80. The van der Waals surface area contributed by atoms with Crippen LogP contribution < -0.4 is 11.1 Å². The van der Waals surface area contributed by atoms with Crippen LogP contribution in [0.3, 0.4) is 0 Å². The van der Waals surface area contributed by atoms with Gasteiger partial charge in [-0.25, -0.2) is 4.79 Å². The van der Waals surface area contributed by atoms with Crippen molar-refractivity contribution in [3.05, 3.63) is 12.2 Å². The van der Waals surface area contributed by atoms with Crippen molar-refractivity contribution < 1.29 is 28.5 Å². The van der Waals surface area contributed by atoms with E-state index < -0.39 is 5.97 Å². The maximum atomic E-state index is 11.2. The number of hydrogen-bond acceptors (Lipinski definition) is 7. The average molecular weight is 348 g/mol. The van der Waals surface area contributed by atoms with E-state index in [1.807, 2.05) is 0 Å². The van der Waals surface area contributed by atoms with Gasteiger partial charge in [-0.1, -0.05) is 6.58 Å². The highest BCUT2D eigenvalue weighted by Gasteiger charge is 2.02. The minimum absolute atomic E-state index is 0.0484. The summed E-state index contributed by atoms with van der Waals surface area (Å²) in [6, 6.07) is 0. The molecule has 0 aliphatic heterocycles. The molecule has 0 aliphatic carbocycles. The molecule has 0 unspecified atom stereocenters. The van der Waals surface area contributed by atoms with E-state index in [4.69, 9.17) is 24.7 Å². The van der Waals surface area contributed by atoms with Crippen LogP contribution in [0, 0.1) is 0 Å². The summed E-state index contributed by atoms with van der Waals surface area (Å²) in [5.74, 6) is -0.705. The Morgan fingerprint density at radius 2 is 1.48 bits per heavy atom. The van der Waals surface area contributed by atoms with Crippen LogP contribution in [0.5, 0.6) is 0 Å². The number of carbonyl (C=O) groups excluding carboxylic acids is 2. The zero-order valence-corrected chi connectivity index (χ0v) is 14.1. The van der Waals surface area contributed by atoms with Gasteiger partial charge >= 0.3 is 5.97 Å². The second kappa shape index (κ2) is 14.1. The molecule has 0 rings (SSSR count). The van der Waals surface area contributed by atoms with Crippen molar-refractivity contribution in [2.45, 2.75) is 13.3 Å². The topological polar surface area (TPSA) is 109 Å². The van der Waals surface area contributed by atoms with Crippen molar-refractivity contribution in [1.82, 2.24) is 5.32 Å². The quantitative estimate of drug-likeness (QED) is 0.206. The molecule has 132 valence electrons. The van der Waals surface area contributed by atoms with Gasteiger partial charge in [0, 0.05) is 5.57 Å². The van der Waals surface area contributed by atoms with Gasteiger partial charge in [0.2, 0.25) is 5.91 Å². The Balaban J connectivity index is 3.22. The lowest BCUT2D eigenvalue weighted by Crippen LogP contribution is -2.35. The molecule has 0 saturated carbocycles. The summed E-state index contributed by atoms with van der Waals surface area (Å²) in [6.45, 7) is 7.36. The Labute approximate surface area is 141 Å². The van der Waals surface area contributed by atoms with Gasteiger partial charge < -0.3 is 30.0 Å². The van der Waals surface area contributed by atoms with E-state index in [1.54, 1.807) is 6.92 Å². The van der Waals surface area contributed by atoms with Crippen molar-refractivity contribution in [3.8, 4) is 0 Å². The minimum atomic E-state index is -0.427. The van der Waals surface area contributed by atoms with Gasteiger partial charge in [-0.3, -0.25) is 4.79 Å². The molecule has 0 aromatic rings. The van der Waals surface area contributed by atoms with Crippen molar-refractivity contribution in [3.63, 3.8) is 0 Å². The molecule has 0 spiro atoms. The summed E-state index contributed by atoms with van der Waals surface area (Å²) in [6.07, 6.45) is 0.184. The van der Waals surface area contributed by atoms with Crippen LogP contribution in [0.25, 0.3) is 0 Å². The molecule has 0 bridgehead atoms. The van der Waals surface area contributed by atoms with E-state index in [0.29, 0.717) is 38.6 Å². The summed E-state index contributed by atoms with van der Waals surface area (Å²) in [5, 5.41) is 2.25. The predicted octanol–water partition coefficient (Wildman–Crippen LogP) is -0.0946. The Morgan fingerprint density at radius 3 is 1.96 bits per heavy atom. The number of nitrogens with two attached hydrogens (primary N) is 1. The fourth-order valence-electron chi connectivity index (χ4n) is 1.22. The zero-order chi connectivity index (χ0) is 17.5. The smallest absolute Gasteiger partial charge is 0.333 e. The fourth-order valence-corrected chi connectivity index (χ4v) is 1.34. The summed E-state index contributed by atoms with van der Waals surface area (Å²) in [4.78, 5) is 22.2. The van der Waals surface area contributed by atoms with E-state index in [0.717, 1.165) is 0 Å². The number of esters is 1. The van der Waals surface area contributed by atoms with E-state index in [-0.39, 0.29) is 30.7 Å². The second-order valence-electron chi connectivity index (χ2n) is 4.42. The maximum Gasteiger partial charge on any atom is 0.333 e. The largest absolute Gasteiger partial charge is 0.460 e. The first kappa shape index (κ1) is 21.4. The highest BCUT2D eigenvalue weighted by Crippen LogP contribution is 1.91. The number of nitrogens with one attached hydrogen (secondary N) is 1. The van der Waals surface area contributed by atoms with Crippen LogP contribution in [0.4, 0.5) is 0 Å². The van der Waals surface area contributed by atoms with Crippen molar-refractivity contribution in [2.75, 3.05) is 46.2 Å². The third-order valence-corrected chi connectivity index (χ3v) is 2.39. The summed E-state index contributed by atoms with van der Waals surface area (Å²) >= 11 is 4.53. The molecule has 0 aromatic carbocycles. The average Bonchev–Trinajstić information content (AvgIpc) is 2.47. The Kier molecular flexibility index (Phi) is 13.1. The molecule has 0 heterocycles. The molecule has 1 amide bonds. The van der Waals surface area contributed by atoms with Crippen LogP contribution in [0.2, 0.25) is 0 Å². The highest BCUT2D eigenvalue weighted by atomic mass is 32.1. The van der Waals surface area contributed by atoms with Crippen LogP contribution in [-0.4, -0.2) is 63.2 Å². The number of amides is 1. The molecule has 0 aliphatic rings. The molecule has 0 radical (unpaired) electrons. The third kappa shape index (κ3) is 15.1. The first-order valence-electron chi connectivity index (χ1n) is 7.08. The molecule has 0 saturated heterocycles. The van der Waals surface area contributed by atoms with Crippen molar-refractivity contribution >= 4 is 29.2 Å². The SMILES string of the molecule is C=C(C)C(=O)OCCOCCOCCOCCC(=O)NC(N)=S. The molecular weight excluding hydrogens is 324 g/mol. The van der Waals surface area contributed by atoms with E-state index in [9.17, 15) is 9.59 Å². The summed E-state index contributed by atoms with van der Waals surface area (Å²) < 4.78 is 20.5. The van der Waals surface area contributed by atoms with Crippen LogP contribution in [-0.2, 0) is 28.5 Å². The van der Waals surface area contributed by atoms with Gasteiger partial charge in [-0.2, -0.15) is 0 Å². The summed E-state index contributed by atoms with van der Waals surface area (Å²) in [5.41, 5.74) is 5.51. The minimum Gasteiger partial charge on any atom is -0.460 e. The molecule has 0 atom stereocenters. The maximum absolute atomic E-state index is 11.2. The summed E-state index contributed by atoms with van der Waals surface area (Å²) in [7, 11) is 0.